The molecule has 0 saturated carbocycles. The van der Waals surface area contributed by atoms with Gasteiger partial charge in [-0.2, -0.15) is 0 Å². The summed E-state index contributed by atoms with van der Waals surface area (Å²) in [7, 11) is 0. The molecule has 1 saturated heterocycles. The van der Waals surface area contributed by atoms with Crippen molar-refractivity contribution in [2.75, 3.05) is 13.1 Å². The molecule has 3 rings (SSSR count). The topological polar surface area (TPSA) is 59.5 Å². The van der Waals surface area contributed by atoms with Crippen LogP contribution < -0.4 is 5.73 Å². The van der Waals surface area contributed by atoms with Crippen molar-refractivity contribution in [3.05, 3.63) is 35.1 Å². The first-order valence-electron chi connectivity index (χ1n) is 8.49. The van der Waals surface area contributed by atoms with Crippen LogP contribution in [0.3, 0.4) is 0 Å². The average molecular weight is 351 g/mol. The molecule has 1 aliphatic heterocycles. The van der Waals surface area contributed by atoms with Crippen molar-refractivity contribution in [1.29, 1.82) is 0 Å². The van der Waals surface area contributed by atoms with E-state index in [2.05, 4.69) is 32.9 Å². The summed E-state index contributed by atoms with van der Waals surface area (Å²) >= 11 is 0. The number of nitrogens with zero attached hydrogens (tertiary/aromatic N) is 1. The van der Waals surface area contributed by atoms with Crippen molar-refractivity contribution in [3.63, 3.8) is 0 Å². The van der Waals surface area contributed by atoms with Gasteiger partial charge in [0, 0.05) is 30.1 Å². The molecule has 2 heterocycles. The van der Waals surface area contributed by atoms with Gasteiger partial charge < -0.3 is 15.1 Å². The van der Waals surface area contributed by atoms with E-state index in [0.717, 1.165) is 42.5 Å². The van der Waals surface area contributed by atoms with E-state index in [-0.39, 0.29) is 24.4 Å². The highest BCUT2D eigenvalue weighted by molar-refractivity contribution is 5.88. The Labute approximate surface area is 149 Å². The number of halogens is 1. The van der Waals surface area contributed by atoms with Gasteiger partial charge in [-0.15, -0.1) is 12.4 Å². The minimum Gasteiger partial charge on any atom is -0.464 e. The molecule has 1 amide bonds. The second kappa shape index (κ2) is 7.58. The van der Waals surface area contributed by atoms with Crippen molar-refractivity contribution in [2.45, 2.75) is 52.0 Å². The number of hydrogen-bond donors (Lipinski definition) is 1. The number of piperidine rings is 1. The van der Waals surface area contributed by atoms with Crippen LogP contribution in [0.2, 0.25) is 0 Å². The standard InChI is InChI=1S/C19H26N2O2.ClH/c1-12(2)16-10-17-14(11-23-18(17)8-13(16)3)9-19(22)21-6-4-15(20)5-7-21;/h8,10-12,15H,4-7,9,20H2,1-3H3;1H. The van der Waals surface area contributed by atoms with E-state index in [0.29, 0.717) is 12.3 Å². The lowest BCUT2D eigenvalue weighted by molar-refractivity contribution is -0.131. The average Bonchev–Trinajstić information content (AvgIpc) is 2.88. The van der Waals surface area contributed by atoms with Crippen molar-refractivity contribution >= 4 is 29.3 Å². The zero-order chi connectivity index (χ0) is 16.6. The third kappa shape index (κ3) is 3.76. The number of rotatable bonds is 3. The Hall–Kier alpha value is -1.52. The SMILES string of the molecule is Cc1cc2occ(CC(=O)N3CCC(N)CC3)c2cc1C(C)C.Cl. The Bertz CT molecular complexity index is 715. The lowest BCUT2D eigenvalue weighted by atomic mass is 9.95. The van der Waals surface area contributed by atoms with Gasteiger partial charge in [-0.05, 0) is 48.9 Å². The molecule has 2 aromatic rings. The van der Waals surface area contributed by atoms with Crippen molar-refractivity contribution in [3.8, 4) is 0 Å². The van der Waals surface area contributed by atoms with Gasteiger partial charge >= 0.3 is 0 Å². The van der Waals surface area contributed by atoms with Gasteiger partial charge in [0.1, 0.15) is 5.58 Å². The van der Waals surface area contributed by atoms with E-state index in [1.165, 1.54) is 11.1 Å². The van der Waals surface area contributed by atoms with E-state index < -0.39 is 0 Å². The van der Waals surface area contributed by atoms with E-state index >= 15 is 0 Å². The fourth-order valence-corrected chi connectivity index (χ4v) is 3.43. The molecule has 0 spiro atoms. The van der Waals surface area contributed by atoms with E-state index in [1.807, 2.05) is 4.90 Å². The second-order valence-electron chi connectivity index (χ2n) is 7.02. The molecule has 1 aromatic heterocycles. The monoisotopic (exact) mass is 350 g/mol. The summed E-state index contributed by atoms with van der Waals surface area (Å²) in [5.74, 6) is 0.632. The lowest BCUT2D eigenvalue weighted by Gasteiger charge is -2.30. The number of nitrogens with two attached hydrogens (primary N) is 1. The molecule has 1 aliphatic rings. The van der Waals surface area contributed by atoms with Crippen LogP contribution in [0, 0.1) is 6.92 Å². The second-order valence-corrected chi connectivity index (χ2v) is 7.02. The van der Waals surface area contributed by atoms with Gasteiger partial charge in [0.05, 0.1) is 12.7 Å². The predicted molar refractivity (Wildman–Crippen MR) is 99.8 cm³/mol. The summed E-state index contributed by atoms with van der Waals surface area (Å²) < 4.78 is 5.68. The van der Waals surface area contributed by atoms with E-state index in [1.54, 1.807) is 6.26 Å². The zero-order valence-electron chi connectivity index (χ0n) is 14.7. The van der Waals surface area contributed by atoms with Crippen molar-refractivity contribution < 1.29 is 9.21 Å². The molecule has 0 bridgehead atoms. The Morgan fingerprint density at radius 1 is 1.33 bits per heavy atom. The number of furan rings is 1. The smallest absolute Gasteiger partial charge is 0.227 e. The van der Waals surface area contributed by atoms with E-state index in [9.17, 15) is 4.79 Å². The number of fused-ring (bicyclic) bond motifs is 1. The van der Waals surface area contributed by atoms with Gasteiger partial charge in [0.25, 0.3) is 0 Å². The summed E-state index contributed by atoms with van der Waals surface area (Å²) in [5, 5.41) is 1.07. The molecular formula is C19H27ClN2O2. The minimum atomic E-state index is 0. The van der Waals surface area contributed by atoms with Crippen LogP contribution in [0.4, 0.5) is 0 Å². The molecule has 1 aromatic carbocycles. The summed E-state index contributed by atoms with van der Waals surface area (Å²) in [6, 6.07) is 4.51. The maximum Gasteiger partial charge on any atom is 0.227 e. The molecule has 132 valence electrons. The Morgan fingerprint density at radius 2 is 2.00 bits per heavy atom. The van der Waals surface area contributed by atoms with Gasteiger partial charge in [-0.1, -0.05) is 13.8 Å². The molecule has 24 heavy (non-hydrogen) atoms. The molecule has 1 fully saturated rings. The molecule has 0 aliphatic carbocycles. The first-order chi connectivity index (χ1) is 11.0. The van der Waals surface area contributed by atoms with Crippen LogP contribution in [0.15, 0.2) is 22.8 Å². The quantitative estimate of drug-likeness (QED) is 0.916. The van der Waals surface area contributed by atoms with Gasteiger partial charge in [-0.25, -0.2) is 0 Å². The van der Waals surface area contributed by atoms with Crippen LogP contribution in [-0.4, -0.2) is 29.9 Å². The summed E-state index contributed by atoms with van der Waals surface area (Å²) in [6.07, 6.45) is 3.94. The molecule has 0 atom stereocenters. The fourth-order valence-electron chi connectivity index (χ4n) is 3.43. The number of aryl methyl sites for hydroxylation is 1. The molecule has 5 heteroatoms. The third-order valence-corrected chi connectivity index (χ3v) is 4.90. The van der Waals surface area contributed by atoms with Crippen LogP contribution in [-0.2, 0) is 11.2 Å². The first kappa shape index (κ1) is 18.8. The van der Waals surface area contributed by atoms with Gasteiger partial charge in [0.2, 0.25) is 5.91 Å². The highest BCUT2D eigenvalue weighted by atomic mass is 35.5. The normalized spacial score (nSPS) is 15.8. The maximum absolute atomic E-state index is 12.5. The summed E-state index contributed by atoms with van der Waals surface area (Å²) in [6.45, 7) is 8.03. The molecule has 2 N–H and O–H groups in total. The van der Waals surface area contributed by atoms with Crippen molar-refractivity contribution in [1.82, 2.24) is 4.90 Å². The lowest BCUT2D eigenvalue weighted by Crippen LogP contribution is -2.43. The van der Waals surface area contributed by atoms with Crippen LogP contribution >= 0.6 is 12.4 Å². The Kier molecular flexibility index (Phi) is 5.94. The summed E-state index contributed by atoms with van der Waals surface area (Å²) in [5.41, 5.74) is 10.3. The minimum absolute atomic E-state index is 0. The third-order valence-electron chi connectivity index (χ3n) is 4.90. The maximum atomic E-state index is 12.5. The highest BCUT2D eigenvalue weighted by Gasteiger charge is 2.22. The Morgan fingerprint density at radius 3 is 2.62 bits per heavy atom. The molecule has 0 unspecified atom stereocenters. The molecule has 0 radical (unpaired) electrons. The number of carbonyl (C=O) groups excluding carboxylic acids is 1. The zero-order valence-corrected chi connectivity index (χ0v) is 15.5. The largest absolute Gasteiger partial charge is 0.464 e. The number of amides is 1. The van der Waals surface area contributed by atoms with Crippen LogP contribution in [0.5, 0.6) is 0 Å². The molecule has 4 nitrogen and oxygen atoms in total. The van der Waals surface area contributed by atoms with Crippen LogP contribution in [0.1, 0.15) is 49.3 Å². The first-order valence-corrected chi connectivity index (χ1v) is 8.49. The van der Waals surface area contributed by atoms with Crippen molar-refractivity contribution in [2.24, 2.45) is 5.73 Å². The van der Waals surface area contributed by atoms with Gasteiger partial charge in [0.15, 0.2) is 0 Å². The predicted octanol–water partition coefficient (Wildman–Crippen LogP) is 3.78. The number of benzene rings is 1. The highest BCUT2D eigenvalue weighted by Crippen LogP contribution is 2.29. The fraction of sp³-hybridized carbons (Fsp3) is 0.526. The number of likely N-dealkylation sites (tertiary alicyclic amines) is 1. The van der Waals surface area contributed by atoms with Crippen LogP contribution in [0.25, 0.3) is 11.0 Å². The van der Waals surface area contributed by atoms with E-state index in [4.69, 9.17) is 10.2 Å². The number of carbonyl (C=O) groups is 1. The number of hydrogen-bond acceptors (Lipinski definition) is 3. The summed E-state index contributed by atoms with van der Waals surface area (Å²) in [4.78, 5) is 14.5. The molecular weight excluding hydrogens is 324 g/mol. The Balaban J connectivity index is 0.00000208. The van der Waals surface area contributed by atoms with Gasteiger partial charge in [-0.3, -0.25) is 4.79 Å².